The standard InChI is InChI=1S/C26H32O13/c27-10-9-14-1-7-17(8-2-14)37-24-21(20(31)19(30)18(11-28)38-24)39-25-22(32)26(34,13-36-25)12-35-23(33)15-3-5-16(29)6-4-15/h1-8,18-22,24-25,27-32,34H,9-13H2/t18-,19-,20+,21-,22+,24+,25-,26-/m1/s1. The first-order valence-electron chi connectivity index (χ1n) is 12.3. The lowest BCUT2D eigenvalue weighted by molar-refractivity contribution is -0.318. The summed E-state index contributed by atoms with van der Waals surface area (Å²) >= 11 is 0. The second-order valence-corrected chi connectivity index (χ2v) is 9.39. The van der Waals surface area contributed by atoms with Crippen molar-refractivity contribution in [3.63, 3.8) is 0 Å². The predicted octanol–water partition coefficient (Wildman–Crippen LogP) is -1.56. The Morgan fingerprint density at radius 3 is 2.31 bits per heavy atom. The van der Waals surface area contributed by atoms with Crippen LogP contribution in [0.4, 0.5) is 0 Å². The molecule has 7 N–H and O–H groups in total. The van der Waals surface area contributed by atoms with Crippen molar-refractivity contribution in [2.45, 2.75) is 55.1 Å². The normalized spacial score (nSPS) is 32.6. The predicted molar refractivity (Wildman–Crippen MR) is 130 cm³/mol. The number of hydrogen-bond acceptors (Lipinski definition) is 13. The fraction of sp³-hybridized carbons (Fsp3) is 0.500. The van der Waals surface area contributed by atoms with E-state index in [1.807, 2.05) is 0 Å². The molecule has 2 saturated heterocycles. The van der Waals surface area contributed by atoms with Crippen molar-refractivity contribution < 1.29 is 64.2 Å². The largest absolute Gasteiger partial charge is 0.508 e. The van der Waals surface area contributed by atoms with Crippen LogP contribution < -0.4 is 4.74 Å². The van der Waals surface area contributed by atoms with Gasteiger partial charge in [0.25, 0.3) is 0 Å². The summed E-state index contributed by atoms with van der Waals surface area (Å²) in [6, 6.07) is 11.8. The van der Waals surface area contributed by atoms with E-state index in [2.05, 4.69) is 0 Å². The minimum atomic E-state index is -2.07. The van der Waals surface area contributed by atoms with E-state index in [1.165, 1.54) is 24.3 Å². The summed E-state index contributed by atoms with van der Waals surface area (Å²) < 4.78 is 27.6. The van der Waals surface area contributed by atoms with Gasteiger partial charge < -0.3 is 59.4 Å². The van der Waals surface area contributed by atoms with E-state index in [0.29, 0.717) is 12.2 Å². The first kappa shape index (κ1) is 29.1. The Morgan fingerprint density at radius 1 is 0.974 bits per heavy atom. The number of phenolic OH excluding ortho intramolecular Hbond substituents is 1. The molecular weight excluding hydrogens is 520 g/mol. The lowest BCUT2D eigenvalue weighted by Crippen LogP contribution is -2.62. The molecule has 0 saturated carbocycles. The number of aliphatic hydroxyl groups excluding tert-OH is 5. The molecule has 8 atom stereocenters. The maximum absolute atomic E-state index is 12.3. The van der Waals surface area contributed by atoms with Crippen LogP contribution in [0.5, 0.6) is 11.5 Å². The first-order chi connectivity index (χ1) is 18.6. The van der Waals surface area contributed by atoms with Gasteiger partial charge in [-0.25, -0.2) is 4.79 Å². The van der Waals surface area contributed by atoms with Crippen LogP contribution in [-0.4, -0.2) is 117 Å². The molecule has 2 heterocycles. The molecule has 214 valence electrons. The van der Waals surface area contributed by atoms with E-state index < -0.39 is 74.5 Å². The van der Waals surface area contributed by atoms with Gasteiger partial charge in [-0.1, -0.05) is 12.1 Å². The van der Waals surface area contributed by atoms with Crippen LogP contribution in [0.3, 0.4) is 0 Å². The van der Waals surface area contributed by atoms with E-state index in [0.717, 1.165) is 5.56 Å². The summed E-state index contributed by atoms with van der Waals surface area (Å²) in [5, 5.41) is 70.8. The lowest BCUT2D eigenvalue weighted by Gasteiger charge is -2.42. The zero-order valence-electron chi connectivity index (χ0n) is 20.8. The van der Waals surface area contributed by atoms with Gasteiger partial charge in [0.05, 0.1) is 18.8 Å². The molecule has 0 bridgehead atoms. The van der Waals surface area contributed by atoms with Crippen LogP contribution in [0.2, 0.25) is 0 Å². The van der Waals surface area contributed by atoms with Crippen LogP contribution in [-0.2, 0) is 25.4 Å². The molecule has 0 aliphatic carbocycles. The molecule has 0 aromatic heterocycles. The topological polar surface area (TPSA) is 205 Å². The average Bonchev–Trinajstić information content (AvgIpc) is 3.21. The average molecular weight is 553 g/mol. The number of aromatic hydroxyl groups is 1. The summed E-state index contributed by atoms with van der Waals surface area (Å²) in [4.78, 5) is 12.3. The third-order valence-electron chi connectivity index (χ3n) is 6.55. The van der Waals surface area contributed by atoms with Gasteiger partial charge in [-0.15, -0.1) is 0 Å². The Labute approximate surface area is 223 Å². The van der Waals surface area contributed by atoms with Crippen LogP contribution in [0.15, 0.2) is 48.5 Å². The number of benzene rings is 2. The zero-order chi connectivity index (χ0) is 28.2. The second kappa shape index (κ2) is 12.6. The van der Waals surface area contributed by atoms with E-state index in [1.54, 1.807) is 24.3 Å². The van der Waals surface area contributed by atoms with Crippen LogP contribution in [0, 0.1) is 0 Å². The van der Waals surface area contributed by atoms with E-state index in [-0.39, 0.29) is 17.9 Å². The molecule has 4 rings (SSSR count). The van der Waals surface area contributed by atoms with E-state index in [9.17, 15) is 35.4 Å². The molecule has 0 radical (unpaired) electrons. The van der Waals surface area contributed by atoms with Gasteiger partial charge in [0.15, 0.2) is 18.0 Å². The van der Waals surface area contributed by atoms with Crippen molar-refractivity contribution in [1.82, 2.24) is 0 Å². The Morgan fingerprint density at radius 2 is 1.67 bits per heavy atom. The minimum absolute atomic E-state index is 0.0316. The van der Waals surface area contributed by atoms with Crippen molar-refractivity contribution in [2.75, 3.05) is 26.4 Å². The molecule has 0 unspecified atom stereocenters. The maximum Gasteiger partial charge on any atom is 0.338 e. The molecule has 0 amide bonds. The minimum Gasteiger partial charge on any atom is -0.508 e. The smallest absolute Gasteiger partial charge is 0.338 e. The number of rotatable bonds is 10. The molecule has 39 heavy (non-hydrogen) atoms. The number of phenols is 1. The number of carbonyl (C=O) groups excluding carboxylic acids is 1. The third kappa shape index (κ3) is 6.66. The molecule has 2 fully saturated rings. The number of esters is 1. The first-order valence-corrected chi connectivity index (χ1v) is 12.3. The van der Waals surface area contributed by atoms with Gasteiger partial charge in [0.1, 0.15) is 42.5 Å². The molecule has 0 spiro atoms. The van der Waals surface area contributed by atoms with Gasteiger partial charge >= 0.3 is 5.97 Å². The van der Waals surface area contributed by atoms with Gasteiger partial charge in [-0.3, -0.25) is 0 Å². The molecule has 2 aliphatic heterocycles. The highest BCUT2D eigenvalue weighted by atomic mass is 16.8. The molecule has 2 aromatic carbocycles. The molecule has 13 nitrogen and oxygen atoms in total. The number of hydrogen-bond donors (Lipinski definition) is 7. The maximum atomic E-state index is 12.3. The van der Waals surface area contributed by atoms with Crippen molar-refractivity contribution in [2.24, 2.45) is 0 Å². The lowest BCUT2D eigenvalue weighted by atomic mass is 9.98. The monoisotopic (exact) mass is 552 g/mol. The molecule has 13 heteroatoms. The molecule has 2 aliphatic rings. The number of ether oxygens (including phenoxy) is 5. The Balaban J connectivity index is 1.43. The summed E-state index contributed by atoms with van der Waals surface area (Å²) in [5.41, 5.74) is -1.11. The zero-order valence-corrected chi connectivity index (χ0v) is 20.8. The highest BCUT2D eigenvalue weighted by molar-refractivity contribution is 5.89. The Hall–Kier alpha value is -2.85. The van der Waals surface area contributed by atoms with Gasteiger partial charge in [0, 0.05) is 6.61 Å². The van der Waals surface area contributed by atoms with Crippen molar-refractivity contribution in [1.29, 1.82) is 0 Å². The van der Waals surface area contributed by atoms with Crippen molar-refractivity contribution >= 4 is 5.97 Å². The van der Waals surface area contributed by atoms with E-state index >= 15 is 0 Å². The fourth-order valence-electron chi connectivity index (χ4n) is 4.22. The fourth-order valence-corrected chi connectivity index (χ4v) is 4.22. The summed E-state index contributed by atoms with van der Waals surface area (Å²) in [5.74, 6) is -0.566. The second-order valence-electron chi connectivity index (χ2n) is 9.39. The van der Waals surface area contributed by atoms with E-state index in [4.69, 9.17) is 28.8 Å². The quantitative estimate of drug-likeness (QED) is 0.167. The van der Waals surface area contributed by atoms with Crippen molar-refractivity contribution in [3.05, 3.63) is 59.7 Å². The van der Waals surface area contributed by atoms with Gasteiger partial charge in [-0.2, -0.15) is 0 Å². The number of carbonyl (C=O) groups is 1. The van der Waals surface area contributed by atoms with Gasteiger partial charge in [-0.05, 0) is 48.4 Å². The SMILES string of the molecule is O=C(OC[C@@]1(O)CO[C@H](O[C@H]2[C@@H](Oc3ccc(CCO)cc3)O[C@H](CO)[C@@H](O)[C@@H]2O)[C@@H]1O)c1ccc(O)cc1. The van der Waals surface area contributed by atoms with Crippen LogP contribution in [0.25, 0.3) is 0 Å². The number of aliphatic hydroxyl groups is 6. The van der Waals surface area contributed by atoms with Gasteiger partial charge in [0.2, 0.25) is 6.29 Å². The summed E-state index contributed by atoms with van der Waals surface area (Å²) in [6.07, 6.45) is -10.1. The highest BCUT2D eigenvalue weighted by Gasteiger charge is 2.54. The molecule has 2 aromatic rings. The van der Waals surface area contributed by atoms with Crippen LogP contribution >= 0.6 is 0 Å². The Bertz CT molecular complexity index is 1080. The summed E-state index contributed by atoms with van der Waals surface area (Å²) in [6.45, 7) is -1.82. The summed E-state index contributed by atoms with van der Waals surface area (Å²) in [7, 11) is 0. The third-order valence-corrected chi connectivity index (χ3v) is 6.55. The highest BCUT2D eigenvalue weighted by Crippen LogP contribution is 2.32. The molecular formula is C26H32O13. The van der Waals surface area contributed by atoms with Crippen molar-refractivity contribution in [3.8, 4) is 11.5 Å². The Kier molecular flexibility index (Phi) is 9.38. The van der Waals surface area contributed by atoms with Crippen LogP contribution in [0.1, 0.15) is 15.9 Å².